The first-order chi connectivity index (χ1) is 9.51. The van der Waals surface area contributed by atoms with Crippen LogP contribution in [0.1, 0.15) is 28.4 Å². The average Bonchev–Trinajstić information content (AvgIpc) is 2.41. The first kappa shape index (κ1) is 14.9. The fourth-order valence-corrected chi connectivity index (χ4v) is 2.45. The Morgan fingerprint density at radius 3 is 2.65 bits per heavy atom. The third kappa shape index (κ3) is 3.35. The molecule has 1 unspecified atom stereocenters. The quantitative estimate of drug-likeness (QED) is 0.921. The SMILES string of the molecule is CNC(Cc1ccc(Cl)c(F)c1)c1ncc(C)cc1C. The summed E-state index contributed by atoms with van der Waals surface area (Å²) < 4.78 is 13.5. The van der Waals surface area contributed by atoms with Crippen molar-refractivity contribution in [3.8, 4) is 0 Å². The van der Waals surface area contributed by atoms with Crippen LogP contribution >= 0.6 is 11.6 Å². The van der Waals surface area contributed by atoms with E-state index in [0.717, 1.165) is 22.4 Å². The Kier molecular flexibility index (Phi) is 4.73. The van der Waals surface area contributed by atoms with Gasteiger partial charge < -0.3 is 5.32 Å². The molecule has 0 aliphatic rings. The van der Waals surface area contributed by atoms with Gasteiger partial charge in [-0.25, -0.2) is 4.39 Å². The third-order valence-electron chi connectivity index (χ3n) is 3.36. The number of rotatable bonds is 4. The maximum Gasteiger partial charge on any atom is 0.142 e. The summed E-state index contributed by atoms with van der Waals surface area (Å²) in [5, 5.41) is 3.40. The summed E-state index contributed by atoms with van der Waals surface area (Å²) in [6, 6.07) is 7.08. The molecule has 4 heteroatoms. The molecule has 2 aromatic rings. The molecule has 1 heterocycles. The topological polar surface area (TPSA) is 24.9 Å². The highest BCUT2D eigenvalue weighted by Crippen LogP contribution is 2.22. The number of hydrogen-bond donors (Lipinski definition) is 1. The Bertz CT molecular complexity index is 613. The number of likely N-dealkylation sites (N-methyl/N-ethyl adjacent to an activating group) is 1. The normalized spacial score (nSPS) is 12.4. The van der Waals surface area contributed by atoms with Gasteiger partial charge in [-0.1, -0.05) is 23.7 Å². The molecule has 2 nitrogen and oxygen atoms in total. The van der Waals surface area contributed by atoms with Gasteiger partial charge in [0, 0.05) is 6.20 Å². The van der Waals surface area contributed by atoms with Crippen LogP contribution in [0.2, 0.25) is 5.02 Å². The Labute approximate surface area is 124 Å². The van der Waals surface area contributed by atoms with Crippen molar-refractivity contribution in [2.75, 3.05) is 7.05 Å². The fraction of sp³-hybridized carbons (Fsp3) is 0.312. The Morgan fingerprint density at radius 1 is 1.30 bits per heavy atom. The van der Waals surface area contributed by atoms with E-state index in [4.69, 9.17) is 11.6 Å². The second kappa shape index (κ2) is 6.33. The largest absolute Gasteiger partial charge is 0.311 e. The number of halogens is 2. The van der Waals surface area contributed by atoms with E-state index in [0.29, 0.717) is 6.42 Å². The number of aromatic nitrogens is 1. The molecule has 106 valence electrons. The number of nitrogens with one attached hydrogen (secondary N) is 1. The number of nitrogens with zero attached hydrogens (tertiary/aromatic N) is 1. The monoisotopic (exact) mass is 292 g/mol. The smallest absolute Gasteiger partial charge is 0.142 e. The zero-order chi connectivity index (χ0) is 14.7. The first-order valence-electron chi connectivity index (χ1n) is 6.55. The molecule has 0 amide bonds. The second-order valence-corrected chi connectivity index (χ2v) is 5.42. The minimum absolute atomic E-state index is 0.0520. The maximum atomic E-state index is 13.5. The van der Waals surface area contributed by atoms with Crippen LogP contribution in [0.4, 0.5) is 4.39 Å². The molecule has 1 N–H and O–H groups in total. The molecule has 0 spiro atoms. The van der Waals surface area contributed by atoms with Crippen molar-refractivity contribution in [2.45, 2.75) is 26.3 Å². The van der Waals surface area contributed by atoms with E-state index in [1.54, 1.807) is 6.07 Å². The maximum absolute atomic E-state index is 13.5. The lowest BCUT2D eigenvalue weighted by Gasteiger charge is -2.18. The number of hydrogen-bond acceptors (Lipinski definition) is 2. The summed E-state index contributed by atoms with van der Waals surface area (Å²) in [7, 11) is 1.89. The fourth-order valence-electron chi connectivity index (χ4n) is 2.33. The minimum Gasteiger partial charge on any atom is -0.311 e. The molecule has 1 atom stereocenters. The van der Waals surface area contributed by atoms with Gasteiger partial charge in [-0.15, -0.1) is 0 Å². The zero-order valence-corrected chi connectivity index (χ0v) is 12.6. The molecule has 20 heavy (non-hydrogen) atoms. The summed E-state index contributed by atoms with van der Waals surface area (Å²) in [6.45, 7) is 4.06. The summed E-state index contributed by atoms with van der Waals surface area (Å²) in [6.07, 6.45) is 2.52. The Morgan fingerprint density at radius 2 is 2.05 bits per heavy atom. The van der Waals surface area contributed by atoms with E-state index in [9.17, 15) is 4.39 Å². The predicted octanol–water partition coefficient (Wildman–Crippen LogP) is 3.99. The molecule has 0 radical (unpaired) electrons. The highest BCUT2D eigenvalue weighted by molar-refractivity contribution is 6.30. The Balaban J connectivity index is 2.26. The molecular formula is C16H18ClFN2. The van der Waals surface area contributed by atoms with Gasteiger partial charge in [0.1, 0.15) is 5.82 Å². The van der Waals surface area contributed by atoms with Crippen molar-refractivity contribution in [3.63, 3.8) is 0 Å². The van der Waals surface area contributed by atoms with Crippen molar-refractivity contribution in [2.24, 2.45) is 0 Å². The van der Waals surface area contributed by atoms with E-state index < -0.39 is 0 Å². The lowest BCUT2D eigenvalue weighted by molar-refractivity contribution is 0.567. The third-order valence-corrected chi connectivity index (χ3v) is 3.66. The van der Waals surface area contributed by atoms with Crippen LogP contribution in [0.25, 0.3) is 0 Å². The van der Waals surface area contributed by atoms with Crippen LogP contribution < -0.4 is 5.32 Å². The first-order valence-corrected chi connectivity index (χ1v) is 6.93. The molecule has 0 saturated carbocycles. The van der Waals surface area contributed by atoms with E-state index >= 15 is 0 Å². The molecule has 0 aliphatic heterocycles. The van der Waals surface area contributed by atoms with Crippen molar-refractivity contribution < 1.29 is 4.39 Å². The zero-order valence-electron chi connectivity index (χ0n) is 11.9. The lowest BCUT2D eigenvalue weighted by atomic mass is 9.99. The number of benzene rings is 1. The molecule has 0 aliphatic carbocycles. The lowest BCUT2D eigenvalue weighted by Crippen LogP contribution is -2.21. The number of pyridine rings is 1. The van der Waals surface area contributed by atoms with E-state index in [-0.39, 0.29) is 16.9 Å². The van der Waals surface area contributed by atoms with E-state index in [1.807, 2.05) is 33.2 Å². The molecule has 0 fully saturated rings. The van der Waals surface area contributed by atoms with Crippen LogP contribution in [-0.4, -0.2) is 12.0 Å². The van der Waals surface area contributed by atoms with Crippen molar-refractivity contribution in [3.05, 3.63) is 63.7 Å². The van der Waals surface area contributed by atoms with Crippen LogP contribution in [-0.2, 0) is 6.42 Å². The summed E-state index contributed by atoms with van der Waals surface area (Å²) in [5.74, 6) is -0.382. The number of aryl methyl sites for hydroxylation is 2. The van der Waals surface area contributed by atoms with Crippen molar-refractivity contribution >= 4 is 11.6 Å². The van der Waals surface area contributed by atoms with Crippen molar-refractivity contribution in [1.82, 2.24) is 10.3 Å². The second-order valence-electron chi connectivity index (χ2n) is 5.01. The van der Waals surface area contributed by atoms with Crippen LogP contribution in [0, 0.1) is 19.7 Å². The molecule has 0 bridgehead atoms. The summed E-state index contributed by atoms with van der Waals surface area (Å²) in [4.78, 5) is 4.50. The predicted molar refractivity (Wildman–Crippen MR) is 80.6 cm³/mol. The highest BCUT2D eigenvalue weighted by atomic mass is 35.5. The van der Waals surface area contributed by atoms with Gasteiger partial charge in [0.05, 0.1) is 16.8 Å². The van der Waals surface area contributed by atoms with Gasteiger partial charge in [0.25, 0.3) is 0 Å². The summed E-state index contributed by atoms with van der Waals surface area (Å²) in [5.41, 5.74) is 4.17. The minimum atomic E-state index is -0.382. The van der Waals surface area contributed by atoms with E-state index in [2.05, 4.69) is 16.4 Å². The highest BCUT2D eigenvalue weighted by Gasteiger charge is 2.15. The molecular weight excluding hydrogens is 275 g/mol. The van der Waals surface area contributed by atoms with E-state index in [1.165, 1.54) is 6.07 Å². The molecule has 0 saturated heterocycles. The van der Waals surface area contributed by atoms with Gasteiger partial charge in [-0.2, -0.15) is 0 Å². The van der Waals surface area contributed by atoms with Crippen LogP contribution in [0.15, 0.2) is 30.5 Å². The van der Waals surface area contributed by atoms with Gasteiger partial charge in [-0.05, 0) is 56.1 Å². The molecule has 1 aromatic heterocycles. The van der Waals surface area contributed by atoms with Gasteiger partial charge in [0.2, 0.25) is 0 Å². The summed E-state index contributed by atoms with van der Waals surface area (Å²) >= 11 is 5.71. The van der Waals surface area contributed by atoms with Gasteiger partial charge in [0.15, 0.2) is 0 Å². The van der Waals surface area contributed by atoms with Gasteiger partial charge >= 0.3 is 0 Å². The molecule has 1 aromatic carbocycles. The average molecular weight is 293 g/mol. The van der Waals surface area contributed by atoms with Gasteiger partial charge in [-0.3, -0.25) is 4.98 Å². The van der Waals surface area contributed by atoms with Crippen molar-refractivity contribution in [1.29, 1.82) is 0 Å². The standard InChI is InChI=1S/C16H18ClFN2/c1-10-6-11(2)16(20-9-10)15(19-3)8-12-4-5-13(17)14(18)7-12/h4-7,9,15,19H,8H2,1-3H3. The Hall–Kier alpha value is -1.45. The van der Waals surface area contributed by atoms with Crippen LogP contribution in [0.3, 0.4) is 0 Å². The van der Waals surface area contributed by atoms with Crippen LogP contribution in [0.5, 0.6) is 0 Å². The molecule has 2 rings (SSSR count).